The molecule has 2 saturated heterocycles. The first-order valence-electron chi connectivity index (χ1n) is 8.00. The molecule has 2 heterocycles. The van der Waals surface area contributed by atoms with Gasteiger partial charge in [0.15, 0.2) is 17.4 Å². The molecule has 0 radical (unpaired) electrons. The third-order valence-electron chi connectivity index (χ3n) is 5.51. The number of ether oxygens (including phenoxy) is 2. The molecule has 1 aromatic rings. The van der Waals surface area contributed by atoms with Crippen molar-refractivity contribution < 1.29 is 23.9 Å². The quantitative estimate of drug-likeness (QED) is 0.788. The van der Waals surface area contributed by atoms with Crippen LogP contribution < -0.4 is 0 Å². The van der Waals surface area contributed by atoms with Gasteiger partial charge < -0.3 is 9.47 Å². The highest BCUT2D eigenvalue weighted by Crippen LogP contribution is 2.53. The molecular formula is C18H19NO5. The van der Waals surface area contributed by atoms with Crippen molar-refractivity contribution in [2.24, 2.45) is 5.92 Å². The molecular weight excluding hydrogens is 310 g/mol. The van der Waals surface area contributed by atoms with Crippen molar-refractivity contribution in [3.63, 3.8) is 0 Å². The molecule has 0 bridgehead atoms. The van der Waals surface area contributed by atoms with Crippen LogP contribution in [0.15, 0.2) is 42.5 Å². The first kappa shape index (κ1) is 15.5. The van der Waals surface area contributed by atoms with Crippen LogP contribution in [0.3, 0.4) is 0 Å². The van der Waals surface area contributed by atoms with Crippen molar-refractivity contribution in [3.05, 3.63) is 48.0 Å². The Labute approximate surface area is 139 Å². The van der Waals surface area contributed by atoms with Gasteiger partial charge in [0.1, 0.15) is 19.0 Å². The summed E-state index contributed by atoms with van der Waals surface area (Å²) in [5.41, 5.74) is -0.843. The number of ketones is 1. The third kappa shape index (κ3) is 1.81. The van der Waals surface area contributed by atoms with Crippen LogP contribution in [0, 0.1) is 5.92 Å². The summed E-state index contributed by atoms with van der Waals surface area (Å²) in [6.45, 7) is 3.91. The van der Waals surface area contributed by atoms with Gasteiger partial charge in [0.05, 0.1) is 5.92 Å². The number of amides is 1. The number of hydrogen-bond acceptors (Lipinski definition) is 5. The summed E-state index contributed by atoms with van der Waals surface area (Å²) in [5, 5.41) is 1.32. The predicted molar refractivity (Wildman–Crippen MR) is 83.3 cm³/mol. The van der Waals surface area contributed by atoms with Crippen LogP contribution in [0.4, 0.5) is 0 Å². The number of hydrogen-bond donors (Lipinski definition) is 0. The fourth-order valence-electron chi connectivity index (χ4n) is 3.82. The number of hydroxylamine groups is 2. The minimum absolute atomic E-state index is 0.00730. The van der Waals surface area contributed by atoms with Gasteiger partial charge in [0.25, 0.3) is 5.91 Å². The summed E-state index contributed by atoms with van der Waals surface area (Å²) in [5.74, 6) is -0.664. The summed E-state index contributed by atoms with van der Waals surface area (Å²) < 4.78 is 11.4. The minimum atomic E-state index is -0.912. The van der Waals surface area contributed by atoms with E-state index in [1.807, 2.05) is 44.2 Å². The van der Waals surface area contributed by atoms with E-state index in [0.717, 1.165) is 5.56 Å². The number of allylic oxidation sites excluding steroid dienone is 1. The molecule has 6 nitrogen and oxygen atoms in total. The molecule has 24 heavy (non-hydrogen) atoms. The summed E-state index contributed by atoms with van der Waals surface area (Å²) in [6, 6.07) is 9.60. The molecule has 1 aliphatic carbocycles. The Morgan fingerprint density at radius 1 is 1.29 bits per heavy atom. The van der Waals surface area contributed by atoms with Gasteiger partial charge in [-0.3, -0.25) is 14.4 Å². The molecule has 1 amide bonds. The SMILES string of the molecule is C[C@@H]1C(=O)C=CC23C(OCO[C@@]12C)C(=O)N3OCc1ccccc1. The van der Waals surface area contributed by atoms with Crippen molar-refractivity contribution in [3.8, 4) is 0 Å². The van der Waals surface area contributed by atoms with Crippen LogP contribution in [0.5, 0.6) is 0 Å². The van der Waals surface area contributed by atoms with Gasteiger partial charge in [0, 0.05) is 0 Å². The van der Waals surface area contributed by atoms with Gasteiger partial charge in [-0.1, -0.05) is 37.3 Å². The van der Waals surface area contributed by atoms with Gasteiger partial charge in [-0.25, -0.2) is 5.06 Å². The van der Waals surface area contributed by atoms with Crippen LogP contribution in [-0.4, -0.2) is 40.8 Å². The summed E-state index contributed by atoms with van der Waals surface area (Å²) >= 11 is 0. The van der Waals surface area contributed by atoms with Crippen molar-refractivity contribution in [1.82, 2.24) is 5.06 Å². The molecule has 4 rings (SSSR count). The molecule has 0 N–H and O–H groups in total. The van der Waals surface area contributed by atoms with Crippen molar-refractivity contribution >= 4 is 11.7 Å². The normalized spacial score (nSPS) is 37.7. The number of β-lactam (4-membered cyclic amide) rings is 1. The van der Waals surface area contributed by atoms with Crippen LogP contribution in [0.1, 0.15) is 19.4 Å². The molecule has 0 saturated carbocycles. The molecule has 2 aliphatic heterocycles. The van der Waals surface area contributed by atoms with Crippen LogP contribution in [0.2, 0.25) is 0 Å². The van der Waals surface area contributed by atoms with Gasteiger partial charge in [-0.15, -0.1) is 0 Å². The van der Waals surface area contributed by atoms with Gasteiger partial charge in [-0.05, 0) is 24.6 Å². The van der Waals surface area contributed by atoms with Crippen LogP contribution in [0.25, 0.3) is 0 Å². The van der Waals surface area contributed by atoms with E-state index in [2.05, 4.69) is 0 Å². The zero-order valence-corrected chi connectivity index (χ0v) is 13.6. The van der Waals surface area contributed by atoms with E-state index in [0.29, 0.717) is 0 Å². The average molecular weight is 329 g/mol. The second-order valence-electron chi connectivity index (χ2n) is 6.59. The highest BCUT2D eigenvalue weighted by atomic mass is 16.7. The van der Waals surface area contributed by atoms with Crippen LogP contribution >= 0.6 is 0 Å². The molecule has 1 aromatic carbocycles. The first-order valence-corrected chi connectivity index (χ1v) is 8.00. The zero-order chi connectivity index (χ0) is 16.9. The number of carbonyl (C=O) groups excluding carboxylic acids is 2. The largest absolute Gasteiger partial charge is 0.345 e. The Bertz CT molecular complexity index is 717. The lowest BCUT2D eigenvalue weighted by Gasteiger charge is -2.65. The number of rotatable bonds is 3. The maximum absolute atomic E-state index is 12.5. The van der Waals surface area contributed by atoms with E-state index in [1.165, 1.54) is 11.1 Å². The molecule has 2 fully saturated rings. The van der Waals surface area contributed by atoms with Gasteiger partial charge >= 0.3 is 0 Å². The lowest BCUT2D eigenvalue weighted by Crippen LogP contribution is -2.86. The topological polar surface area (TPSA) is 65.1 Å². The van der Waals surface area contributed by atoms with E-state index in [-0.39, 0.29) is 25.1 Å². The highest BCUT2D eigenvalue weighted by Gasteiger charge is 2.75. The van der Waals surface area contributed by atoms with Crippen molar-refractivity contribution in [1.29, 1.82) is 0 Å². The Morgan fingerprint density at radius 3 is 2.79 bits per heavy atom. The summed E-state index contributed by atoms with van der Waals surface area (Å²) in [7, 11) is 0. The van der Waals surface area contributed by atoms with E-state index in [1.54, 1.807) is 6.08 Å². The van der Waals surface area contributed by atoms with Crippen molar-refractivity contribution in [2.45, 2.75) is 37.7 Å². The van der Waals surface area contributed by atoms with E-state index >= 15 is 0 Å². The second-order valence-corrected chi connectivity index (χ2v) is 6.59. The van der Waals surface area contributed by atoms with Gasteiger partial charge in [-0.2, -0.15) is 0 Å². The average Bonchev–Trinajstić information content (AvgIpc) is 2.60. The lowest BCUT2D eigenvalue weighted by molar-refractivity contribution is -0.377. The van der Waals surface area contributed by atoms with Crippen LogP contribution in [-0.2, 0) is 30.5 Å². The molecule has 6 heteroatoms. The minimum Gasteiger partial charge on any atom is -0.345 e. The van der Waals surface area contributed by atoms with E-state index < -0.39 is 23.2 Å². The fraction of sp³-hybridized carbons (Fsp3) is 0.444. The summed E-state index contributed by atoms with van der Waals surface area (Å²) in [4.78, 5) is 30.5. The standard InChI is InChI=1S/C18H19NO5/c1-12-14(20)8-9-18-15(22-11-23-17(12,18)2)16(21)19(18)24-10-13-6-4-3-5-7-13/h3-9,12,15H,10-11H2,1-2H3/t12-,15?,17+,18?/m1/s1. The van der Waals surface area contributed by atoms with E-state index in [9.17, 15) is 9.59 Å². The maximum Gasteiger partial charge on any atom is 0.279 e. The smallest absolute Gasteiger partial charge is 0.279 e. The molecule has 3 aliphatic rings. The number of nitrogens with zero attached hydrogens (tertiary/aromatic N) is 1. The fourth-order valence-corrected chi connectivity index (χ4v) is 3.82. The Morgan fingerprint density at radius 2 is 2.04 bits per heavy atom. The Balaban J connectivity index is 1.67. The molecule has 0 aromatic heterocycles. The Kier molecular flexibility index (Phi) is 3.38. The maximum atomic E-state index is 12.5. The van der Waals surface area contributed by atoms with Crippen molar-refractivity contribution in [2.75, 3.05) is 6.79 Å². The zero-order valence-electron chi connectivity index (χ0n) is 13.6. The first-order chi connectivity index (χ1) is 11.5. The monoisotopic (exact) mass is 329 g/mol. The molecule has 126 valence electrons. The predicted octanol–water partition coefficient (Wildman–Crippen LogP) is 1.61. The Hall–Kier alpha value is -2.02. The molecule has 1 spiro atoms. The summed E-state index contributed by atoms with van der Waals surface area (Å²) in [6.07, 6.45) is 2.52. The molecule has 4 atom stereocenters. The third-order valence-corrected chi connectivity index (χ3v) is 5.51. The second kappa shape index (κ2) is 5.24. The number of carbonyl (C=O) groups is 2. The molecule has 2 unspecified atom stereocenters. The number of benzene rings is 1. The van der Waals surface area contributed by atoms with E-state index in [4.69, 9.17) is 14.3 Å². The van der Waals surface area contributed by atoms with Gasteiger partial charge in [0.2, 0.25) is 0 Å². The highest BCUT2D eigenvalue weighted by molar-refractivity contribution is 5.98. The lowest BCUT2D eigenvalue weighted by atomic mass is 9.60.